The summed E-state index contributed by atoms with van der Waals surface area (Å²) in [4.78, 5) is 15.1. The summed E-state index contributed by atoms with van der Waals surface area (Å²) in [6.07, 6.45) is 0. The van der Waals surface area contributed by atoms with E-state index in [1.54, 1.807) is 0 Å². The number of rotatable bonds is 4. The monoisotopic (exact) mass is 576 g/mol. The minimum absolute atomic E-state index is 0.0963. The lowest BCUT2D eigenvalue weighted by atomic mass is 9.86. The van der Waals surface area contributed by atoms with Crippen LogP contribution in [0.15, 0.2) is 146 Å². The summed E-state index contributed by atoms with van der Waals surface area (Å²) in [5, 5.41) is 2.45. The number of aryl methyl sites for hydroxylation is 1. The average molecular weight is 577 g/mol. The van der Waals surface area contributed by atoms with Crippen LogP contribution in [0.25, 0.3) is 61.4 Å². The fourth-order valence-electron chi connectivity index (χ4n) is 7.21. The lowest BCUT2D eigenvalue weighted by Gasteiger charge is -2.19. The fourth-order valence-corrected chi connectivity index (χ4v) is 7.21. The van der Waals surface area contributed by atoms with Crippen LogP contribution in [0.2, 0.25) is 0 Å². The van der Waals surface area contributed by atoms with Crippen LogP contribution in [-0.2, 0) is 0 Å². The Bertz CT molecular complexity index is 2320. The lowest BCUT2D eigenvalue weighted by Crippen LogP contribution is -2.06. The number of benzene rings is 6. The number of para-hydroxylation sites is 3. The zero-order chi connectivity index (χ0) is 29.9. The van der Waals surface area contributed by atoms with Gasteiger partial charge in [-0.05, 0) is 59.0 Å². The largest absolute Gasteiger partial charge is 0.309 e. The highest BCUT2D eigenvalue weighted by atomic mass is 15.0. The van der Waals surface area contributed by atoms with E-state index in [0.717, 1.165) is 27.8 Å². The maximum atomic E-state index is 5.21. The van der Waals surface area contributed by atoms with Gasteiger partial charge in [-0.15, -0.1) is 0 Å². The van der Waals surface area contributed by atoms with Crippen molar-refractivity contribution < 1.29 is 0 Å². The van der Waals surface area contributed by atoms with Crippen molar-refractivity contribution in [1.82, 2.24) is 19.5 Å². The average Bonchev–Trinajstić information content (AvgIpc) is 3.61. The van der Waals surface area contributed by atoms with Gasteiger partial charge in [0.1, 0.15) is 5.82 Å². The summed E-state index contributed by atoms with van der Waals surface area (Å²) >= 11 is 0. The first-order valence-corrected chi connectivity index (χ1v) is 15.3. The van der Waals surface area contributed by atoms with E-state index in [1.165, 1.54) is 38.6 Å². The summed E-state index contributed by atoms with van der Waals surface area (Å²) in [5.74, 6) is 2.14. The van der Waals surface area contributed by atoms with E-state index in [2.05, 4.69) is 150 Å². The number of hydrogen-bond acceptors (Lipinski definition) is 3. The van der Waals surface area contributed by atoms with Gasteiger partial charge in [0.25, 0.3) is 0 Å². The van der Waals surface area contributed by atoms with Crippen molar-refractivity contribution in [1.29, 1.82) is 0 Å². The number of aromatic nitrogens is 4. The second-order valence-corrected chi connectivity index (χ2v) is 11.6. The first-order valence-electron chi connectivity index (χ1n) is 15.3. The molecule has 6 aromatic carbocycles. The normalized spacial score (nSPS) is 12.5. The molecule has 2 aromatic heterocycles. The van der Waals surface area contributed by atoms with Crippen molar-refractivity contribution >= 4 is 21.8 Å². The van der Waals surface area contributed by atoms with Crippen LogP contribution in [-0.4, -0.2) is 19.5 Å². The maximum absolute atomic E-state index is 5.21. The van der Waals surface area contributed by atoms with Gasteiger partial charge in [0.05, 0.1) is 16.7 Å². The van der Waals surface area contributed by atoms with E-state index in [9.17, 15) is 0 Å². The van der Waals surface area contributed by atoms with E-state index in [1.807, 2.05) is 6.92 Å². The molecule has 0 saturated heterocycles. The molecule has 9 rings (SSSR count). The van der Waals surface area contributed by atoms with Crippen LogP contribution < -0.4 is 0 Å². The SMILES string of the molecule is Cc1nc(-c2ccccc2C2c3ccccc3-c3ccccc32)nc(-c2ccccc2-n2c3ccccc3c3ccccc32)n1. The van der Waals surface area contributed by atoms with Gasteiger partial charge in [-0.2, -0.15) is 0 Å². The van der Waals surface area contributed by atoms with Crippen molar-refractivity contribution in [3.05, 3.63) is 168 Å². The van der Waals surface area contributed by atoms with E-state index < -0.39 is 0 Å². The van der Waals surface area contributed by atoms with Crippen molar-refractivity contribution in [2.75, 3.05) is 0 Å². The Morgan fingerprint density at radius 2 is 0.844 bits per heavy atom. The zero-order valence-electron chi connectivity index (χ0n) is 24.7. The van der Waals surface area contributed by atoms with Gasteiger partial charge in [-0.25, -0.2) is 15.0 Å². The molecular formula is C41H28N4. The third-order valence-electron chi connectivity index (χ3n) is 9.06. The molecule has 0 fully saturated rings. The molecule has 0 N–H and O–H groups in total. The Balaban J connectivity index is 1.24. The summed E-state index contributed by atoms with van der Waals surface area (Å²) in [5.41, 5.74) is 11.7. The Labute approximate surface area is 261 Å². The molecule has 0 amide bonds. The van der Waals surface area contributed by atoms with Gasteiger partial charge < -0.3 is 4.57 Å². The van der Waals surface area contributed by atoms with Gasteiger partial charge in [0.15, 0.2) is 11.6 Å². The Morgan fingerprint density at radius 3 is 1.44 bits per heavy atom. The van der Waals surface area contributed by atoms with Crippen LogP contribution >= 0.6 is 0 Å². The van der Waals surface area contributed by atoms with Gasteiger partial charge in [0.2, 0.25) is 0 Å². The van der Waals surface area contributed by atoms with E-state index in [-0.39, 0.29) is 5.92 Å². The molecule has 8 aromatic rings. The topological polar surface area (TPSA) is 43.6 Å². The predicted molar refractivity (Wildman–Crippen MR) is 183 cm³/mol. The summed E-state index contributed by atoms with van der Waals surface area (Å²) in [6.45, 7) is 1.96. The third kappa shape index (κ3) is 3.96. The molecule has 4 heteroatoms. The van der Waals surface area contributed by atoms with Crippen LogP contribution in [0.1, 0.15) is 28.4 Å². The number of hydrogen-bond donors (Lipinski definition) is 0. The molecule has 0 atom stereocenters. The molecule has 212 valence electrons. The second kappa shape index (κ2) is 10.1. The Kier molecular flexibility index (Phi) is 5.75. The molecule has 0 unspecified atom stereocenters. The van der Waals surface area contributed by atoms with Gasteiger partial charge in [-0.3, -0.25) is 0 Å². The Hall–Kier alpha value is -5.87. The third-order valence-corrected chi connectivity index (χ3v) is 9.06. The minimum atomic E-state index is 0.0963. The van der Waals surface area contributed by atoms with Gasteiger partial charge in [0, 0.05) is 27.8 Å². The van der Waals surface area contributed by atoms with Crippen molar-refractivity contribution in [3.63, 3.8) is 0 Å². The molecule has 1 aliphatic rings. The maximum Gasteiger partial charge on any atom is 0.165 e. The van der Waals surface area contributed by atoms with Crippen LogP contribution in [0.5, 0.6) is 0 Å². The first-order chi connectivity index (χ1) is 22.3. The molecule has 0 spiro atoms. The van der Waals surface area contributed by atoms with E-state index >= 15 is 0 Å². The molecule has 0 bridgehead atoms. The highest BCUT2D eigenvalue weighted by Gasteiger charge is 2.31. The molecule has 2 heterocycles. The fraction of sp³-hybridized carbons (Fsp3) is 0.0488. The standard InChI is InChI=1S/C41H28N4/c1-26-42-40(34-21-7-6-20-33(34)39-31-18-4-2-14-27(31)28-15-3-5-19-32(28)39)44-41(43-26)35-22-10-13-25-38(35)45-36-23-11-8-16-29(36)30-17-9-12-24-37(30)45/h2-25,39H,1H3. The highest BCUT2D eigenvalue weighted by Crippen LogP contribution is 2.49. The smallest absolute Gasteiger partial charge is 0.165 e. The van der Waals surface area contributed by atoms with Crippen LogP contribution in [0.3, 0.4) is 0 Å². The molecule has 1 aliphatic carbocycles. The summed E-state index contributed by atoms with van der Waals surface area (Å²) < 4.78 is 2.33. The zero-order valence-corrected chi connectivity index (χ0v) is 24.7. The van der Waals surface area contributed by atoms with Crippen molar-refractivity contribution in [2.24, 2.45) is 0 Å². The first kappa shape index (κ1) is 25.6. The quantitative estimate of drug-likeness (QED) is 0.209. The molecule has 45 heavy (non-hydrogen) atoms. The van der Waals surface area contributed by atoms with E-state index in [4.69, 9.17) is 15.0 Å². The number of fused-ring (bicyclic) bond motifs is 6. The minimum Gasteiger partial charge on any atom is -0.309 e. The van der Waals surface area contributed by atoms with Gasteiger partial charge >= 0.3 is 0 Å². The molecule has 0 saturated carbocycles. The van der Waals surface area contributed by atoms with Crippen LogP contribution in [0, 0.1) is 6.92 Å². The molecule has 0 radical (unpaired) electrons. The van der Waals surface area contributed by atoms with Crippen molar-refractivity contribution in [3.8, 4) is 39.6 Å². The molecule has 0 aliphatic heterocycles. The van der Waals surface area contributed by atoms with E-state index in [0.29, 0.717) is 17.5 Å². The molecular weight excluding hydrogens is 548 g/mol. The molecule has 4 nitrogen and oxygen atoms in total. The summed E-state index contributed by atoms with van der Waals surface area (Å²) in [7, 11) is 0. The predicted octanol–water partition coefficient (Wildman–Crippen LogP) is 9.77. The highest BCUT2D eigenvalue weighted by molar-refractivity contribution is 6.09. The van der Waals surface area contributed by atoms with Crippen molar-refractivity contribution in [2.45, 2.75) is 12.8 Å². The number of nitrogens with zero attached hydrogens (tertiary/aromatic N) is 4. The Morgan fingerprint density at radius 1 is 0.422 bits per heavy atom. The van der Waals surface area contributed by atoms with Gasteiger partial charge in [-0.1, -0.05) is 121 Å². The second-order valence-electron chi connectivity index (χ2n) is 11.6. The summed E-state index contributed by atoms with van der Waals surface area (Å²) in [6, 6.07) is 51.6. The lowest BCUT2D eigenvalue weighted by molar-refractivity contribution is 0.969. The van der Waals surface area contributed by atoms with Crippen LogP contribution in [0.4, 0.5) is 0 Å².